The molecule has 2 aromatic rings. The first-order valence-electron chi connectivity index (χ1n) is 4.85. The highest BCUT2D eigenvalue weighted by Gasteiger charge is 2.20. The molecule has 0 saturated carbocycles. The number of rotatable bonds is 0. The summed E-state index contributed by atoms with van der Waals surface area (Å²) in [6, 6.07) is 7.42. The molecule has 3 rings (SSSR count). The summed E-state index contributed by atoms with van der Waals surface area (Å²) in [6.45, 7) is 0. The zero-order valence-electron chi connectivity index (χ0n) is 8.74. The Hall–Kier alpha value is -2.34. The number of aromatic amines is 2. The Kier molecular flexibility index (Phi) is 2.57. The fraction of sp³-hybridized carbons (Fsp3) is 0.0909. The van der Waals surface area contributed by atoms with Crippen LogP contribution in [0.4, 0.5) is 0 Å². The van der Waals surface area contributed by atoms with Crippen LogP contribution in [-0.4, -0.2) is 15.4 Å². The molecule has 0 aliphatic carbocycles. The summed E-state index contributed by atoms with van der Waals surface area (Å²) >= 11 is 0. The summed E-state index contributed by atoms with van der Waals surface area (Å²) < 4.78 is 5.46. The fourth-order valence-electron chi connectivity index (χ4n) is 1.79. The number of aromatic nitrogens is 2. The Morgan fingerprint density at radius 1 is 1.12 bits per heavy atom. The Morgan fingerprint density at radius 2 is 1.88 bits per heavy atom. The third-order valence-corrected chi connectivity index (χ3v) is 2.55. The first-order valence-corrected chi connectivity index (χ1v) is 4.85. The molecule has 2 heterocycles. The summed E-state index contributed by atoms with van der Waals surface area (Å²) in [5.74, 6) is 0.920. The van der Waals surface area contributed by atoms with Gasteiger partial charge in [0.25, 0.3) is 5.56 Å². The molecule has 0 bridgehead atoms. The standard InChI is InChI=1S/C11H8N2O3.H2O/c14-9-7-5-6-3-1-2-4-8(6)16-10(7)13-11(15)12-9;/h1-4H,5H2,(H2,12,13,14,15);1H2. The van der Waals surface area contributed by atoms with Crippen molar-refractivity contribution in [2.45, 2.75) is 6.42 Å². The number of ether oxygens (including phenoxy) is 1. The smallest absolute Gasteiger partial charge is 0.328 e. The topological polar surface area (TPSA) is 106 Å². The lowest BCUT2D eigenvalue weighted by atomic mass is 10.0. The van der Waals surface area contributed by atoms with Gasteiger partial charge >= 0.3 is 5.69 Å². The Bertz CT molecular complexity index is 672. The van der Waals surface area contributed by atoms with Gasteiger partial charge in [-0.15, -0.1) is 0 Å². The molecule has 0 fully saturated rings. The molecule has 17 heavy (non-hydrogen) atoms. The maximum Gasteiger partial charge on any atom is 0.328 e. The van der Waals surface area contributed by atoms with E-state index in [2.05, 4.69) is 9.97 Å². The maximum absolute atomic E-state index is 11.5. The molecule has 1 aliphatic heterocycles. The Balaban J connectivity index is 0.00000108. The summed E-state index contributed by atoms with van der Waals surface area (Å²) in [4.78, 5) is 27.3. The van der Waals surface area contributed by atoms with E-state index in [1.165, 1.54) is 0 Å². The number of nitrogens with one attached hydrogen (secondary N) is 2. The molecule has 0 amide bonds. The van der Waals surface area contributed by atoms with Gasteiger partial charge in [-0.3, -0.25) is 14.8 Å². The zero-order chi connectivity index (χ0) is 11.1. The zero-order valence-corrected chi connectivity index (χ0v) is 8.74. The van der Waals surface area contributed by atoms with Gasteiger partial charge in [0.1, 0.15) is 5.75 Å². The van der Waals surface area contributed by atoms with Gasteiger partial charge in [-0.1, -0.05) is 18.2 Å². The van der Waals surface area contributed by atoms with E-state index < -0.39 is 11.2 Å². The largest absolute Gasteiger partial charge is 0.440 e. The van der Waals surface area contributed by atoms with Gasteiger partial charge in [-0.25, -0.2) is 4.79 Å². The molecule has 1 aliphatic rings. The second-order valence-electron chi connectivity index (χ2n) is 3.60. The lowest BCUT2D eigenvalue weighted by molar-refractivity contribution is 0.435. The SMILES string of the molecule is O.O=c1[nH]c2c(c(=O)[nH]1)Cc1ccccc1O2. The number of fused-ring (bicyclic) bond motifs is 2. The second-order valence-corrected chi connectivity index (χ2v) is 3.60. The average Bonchev–Trinajstić information content (AvgIpc) is 2.27. The Labute approximate surface area is 95.2 Å². The van der Waals surface area contributed by atoms with Crippen molar-refractivity contribution in [3.63, 3.8) is 0 Å². The molecular formula is C11H10N2O4. The first-order chi connectivity index (χ1) is 7.74. The molecule has 0 radical (unpaired) electrons. The van der Waals surface area contributed by atoms with E-state index in [0.717, 1.165) is 5.56 Å². The van der Waals surface area contributed by atoms with Crippen molar-refractivity contribution in [1.82, 2.24) is 9.97 Å². The van der Waals surface area contributed by atoms with Crippen LogP contribution in [0, 0.1) is 0 Å². The van der Waals surface area contributed by atoms with E-state index in [-0.39, 0.29) is 11.4 Å². The molecule has 6 heteroatoms. The van der Waals surface area contributed by atoms with Crippen molar-refractivity contribution in [3.05, 3.63) is 56.2 Å². The van der Waals surface area contributed by atoms with Crippen molar-refractivity contribution in [2.75, 3.05) is 0 Å². The van der Waals surface area contributed by atoms with Crippen LogP contribution < -0.4 is 16.0 Å². The molecule has 1 aromatic carbocycles. The van der Waals surface area contributed by atoms with E-state index in [1.807, 2.05) is 18.2 Å². The van der Waals surface area contributed by atoms with E-state index in [0.29, 0.717) is 17.7 Å². The highest BCUT2D eigenvalue weighted by atomic mass is 16.5. The number of hydrogen-bond donors (Lipinski definition) is 2. The van der Waals surface area contributed by atoms with Gasteiger partial charge in [0.05, 0.1) is 5.56 Å². The molecule has 0 unspecified atom stereocenters. The fourth-order valence-corrected chi connectivity index (χ4v) is 1.79. The number of benzene rings is 1. The van der Waals surface area contributed by atoms with E-state index >= 15 is 0 Å². The van der Waals surface area contributed by atoms with Crippen LogP contribution in [-0.2, 0) is 6.42 Å². The summed E-state index contributed by atoms with van der Waals surface area (Å²) in [5, 5.41) is 0. The van der Waals surface area contributed by atoms with Gasteiger partial charge in [0, 0.05) is 6.42 Å². The molecular weight excluding hydrogens is 224 g/mol. The predicted molar refractivity (Wildman–Crippen MR) is 60.6 cm³/mol. The molecule has 6 nitrogen and oxygen atoms in total. The molecule has 0 spiro atoms. The normalized spacial score (nSPS) is 11.8. The van der Waals surface area contributed by atoms with Crippen LogP contribution >= 0.6 is 0 Å². The van der Waals surface area contributed by atoms with Crippen LogP contribution in [0.25, 0.3) is 0 Å². The minimum absolute atomic E-state index is 0. The number of hydrogen-bond acceptors (Lipinski definition) is 3. The molecule has 4 N–H and O–H groups in total. The first kappa shape index (κ1) is 11.2. The minimum atomic E-state index is -0.553. The van der Waals surface area contributed by atoms with Crippen molar-refractivity contribution >= 4 is 0 Å². The average molecular weight is 234 g/mol. The summed E-state index contributed by atoms with van der Waals surface area (Å²) in [7, 11) is 0. The number of para-hydroxylation sites is 1. The lowest BCUT2D eigenvalue weighted by Gasteiger charge is -2.17. The highest BCUT2D eigenvalue weighted by molar-refractivity contribution is 5.45. The maximum atomic E-state index is 11.5. The minimum Gasteiger partial charge on any atom is -0.440 e. The van der Waals surface area contributed by atoms with Gasteiger partial charge < -0.3 is 10.2 Å². The molecule has 88 valence electrons. The van der Waals surface area contributed by atoms with Crippen LogP contribution in [0.2, 0.25) is 0 Å². The Morgan fingerprint density at radius 3 is 2.71 bits per heavy atom. The van der Waals surface area contributed by atoms with Gasteiger partial charge in [-0.05, 0) is 11.6 Å². The van der Waals surface area contributed by atoms with E-state index in [9.17, 15) is 9.59 Å². The lowest BCUT2D eigenvalue weighted by Crippen LogP contribution is -2.27. The second kappa shape index (κ2) is 3.91. The molecule has 0 atom stereocenters. The molecule has 0 saturated heterocycles. The predicted octanol–water partition coefficient (Wildman–Crippen LogP) is -0.0650. The van der Waals surface area contributed by atoms with Crippen LogP contribution in [0.3, 0.4) is 0 Å². The van der Waals surface area contributed by atoms with Crippen LogP contribution in [0.15, 0.2) is 33.9 Å². The van der Waals surface area contributed by atoms with Gasteiger partial charge in [0.15, 0.2) is 0 Å². The third-order valence-electron chi connectivity index (χ3n) is 2.55. The monoisotopic (exact) mass is 234 g/mol. The highest BCUT2D eigenvalue weighted by Crippen LogP contribution is 2.31. The van der Waals surface area contributed by atoms with Gasteiger partial charge in [0.2, 0.25) is 5.88 Å². The van der Waals surface area contributed by atoms with E-state index in [4.69, 9.17) is 4.74 Å². The quantitative estimate of drug-likeness (QED) is 0.568. The van der Waals surface area contributed by atoms with Crippen molar-refractivity contribution < 1.29 is 10.2 Å². The van der Waals surface area contributed by atoms with Crippen LogP contribution in [0.5, 0.6) is 11.6 Å². The van der Waals surface area contributed by atoms with E-state index in [1.54, 1.807) is 6.07 Å². The number of H-pyrrole nitrogens is 2. The third kappa shape index (κ3) is 1.74. The van der Waals surface area contributed by atoms with Crippen molar-refractivity contribution in [3.8, 4) is 11.6 Å². The summed E-state index contributed by atoms with van der Waals surface area (Å²) in [6.07, 6.45) is 0.470. The van der Waals surface area contributed by atoms with Crippen LogP contribution in [0.1, 0.15) is 11.1 Å². The summed E-state index contributed by atoms with van der Waals surface area (Å²) in [5.41, 5.74) is 0.447. The van der Waals surface area contributed by atoms with Gasteiger partial charge in [-0.2, -0.15) is 0 Å². The van der Waals surface area contributed by atoms with Crippen molar-refractivity contribution in [2.24, 2.45) is 0 Å². The van der Waals surface area contributed by atoms with Crippen molar-refractivity contribution in [1.29, 1.82) is 0 Å². The molecule has 1 aromatic heterocycles.